The third kappa shape index (κ3) is 8.45. The van der Waals surface area contributed by atoms with Gasteiger partial charge in [-0.25, -0.2) is 0 Å². The molecule has 0 fully saturated rings. The minimum absolute atomic E-state index is 0.185. The fraction of sp³-hybridized carbons (Fsp3) is 0.667. The predicted molar refractivity (Wildman–Crippen MR) is 109 cm³/mol. The van der Waals surface area contributed by atoms with E-state index in [1.807, 2.05) is 39.8 Å². The van der Waals surface area contributed by atoms with Crippen LogP contribution in [0.5, 0.6) is 0 Å². The second-order valence-corrected chi connectivity index (χ2v) is 6.57. The van der Waals surface area contributed by atoms with Crippen LogP contribution in [0.1, 0.15) is 80.1 Å². The fourth-order valence-electron chi connectivity index (χ4n) is 2.89. The molecule has 0 aliphatic carbocycles. The fourth-order valence-corrected chi connectivity index (χ4v) is 2.89. The highest BCUT2D eigenvalue weighted by molar-refractivity contribution is 6.04. The van der Waals surface area contributed by atoms with Crippen LogP contribution in [-0.4, -0.2) is 17.8 Å². The monoisotopic (exact) mass is 363 g/mol. The third-order valence-electron chi connectivity index (χ3n) is 4.97. The van der Waals surface area contributed by atoms with Crippen molar-refractivity contribution in [1.29, 1.82) is 5.41 Å². The molecule has 0 aromatic carbocycles. The molecule has 5 nitrogen and oxygen atoms in total. The van der Waals surface area contributed by atoms with Gasteiger partial charge in [0.05, 0.1) is 0 Å². The molecule has 2 atom stereocenters. The smallest absolute Gasteiger partial charge is 0.230 e. The highest BCUT2D eigenvalue weighted by Gasteiger charge is 2.22. The van der Waals surface area contributed by atoms with Gasteiger partial charge >= 0.3 is 0 Å². The number of nitrogens with one attached hydrogen (secondary N) is 3. The minimum atomic E-state index is -0.228. The normalized spacial score (nSPS) is 14.5. The first-order valence-electron chi connectivity index (χ1n) is 9.84. The largest absolute Gasteiger partial charge is 0.296 e. The van der Waals surface area contributed by atoms with E-state index in [-0.39, 0.29) is 29.6 Å². The van der Waals surface area contributed by atoms with E-state index >= 15 is 0 Å². The van der Waals surface area contributed by atoms with Crippen molar-refractivity contribution in [2.45, 2.75) is 80.1 Å². The summed E-state index contributed by atoms with van der Waals surface area (Å²) in [6, 6.07) is 0. The van der Waals surface area contributed by atoms with Crippen LogP contribution in [0.25, 0.3) is 0 Å². The molecule has 0 aliphatic rings. The Morgan fingerprint density at radius 2 is 1.15 bits per heavy atom. The summed E-state index contributed by atoms with van der Waals surface area (Å²) in [5, 5.41) is 13.0. The van der Waals surface area contributed by atoms with Gasteiger partial charge in [-0.1, -0.05) is 51.0 Å². The van der Waals surface area contributed by atoms with Crippen LogP contribution in [0.3, 0.4) is 0 Å². The number of hydrogen-bond donors (Lipinski definition) is 3. The molecule has 0 heterocycles. The maximum Gasteiger partial charge on any atom is 0.230 e. The molecule has 3 N–H and O–H groups in total. The van der Waals surface area contributed by atoms with Crippen LogP contribution in [0.4, 0.5) is 0 Å². The minimum Gasteiger partial charge on any atom is -0.296 e. The van der Waals surface area contributed by atoms with Crippen molar-refractivity contribution in [2.24, 2.45) is 11.8 Å². The molecule has 0 aliphatic heterocycles. The van der Waals surface area contributed by atoms with Crippen LogP contribution in [0.2, 0.25) is 0 Å². The van der Waals surface area contributed by atoms with Crippen LogP contribution in [-0.2, 0) is 9.59 Å². The average molecular weight is 364 g/mol. The van der Waals surface area contributed by atoms with Crippen LogP contribution < -0.4 is 10.6 Å². The van der Waals surface area contributed by atoms with E-state index in [4.69, 9.17) is 5.41 Å². The molecule has 0 spiro atoms. The SMILES string of the molecule is CC=C(CC)CC(CC)C(=O)NC(=N)NC(=O)C(CC)CC(=CC)CC. The van der Waals surface area contributed by atoms with E-state index in [0.29, 0.717) is 25.7 Å². The Bertz CT molecular complexity index is 489. The Morgan fingerprint density at radius 1 is 0.808 bits per heavy atom. The zero-order valence-corrected chi connectivity index (χ0v) is 17.4. The van der Waals surface area contributed by atoms with Crippen LogP contribution in [0, 0.1) is 17.2 Å². The lowest BCUT2D eigenvalue weighted by atomic mass is 9.94. The van der Waals surface area contributed by atoms with Gasteiger partial charge in [-0.3, -0.25) is 25.6 Å². The predicted octanol–water partition coefficient (Wildman–Crippen LogP) is 4.70. The number of amides is 2. The molecule has 0 saturated heterocycles. The van der Waals surface area contributed by atoms with Gasteiger partial charge in [-0.2, -0.15) is 0 Å². The quantitative estimate of drug-likeness (QED) is 0.299. The molecule has 2 unspecified atom stereocenters. The third-order valence-corrected chi connectivity index (χ3v) is 4.97. The van der Waals surface area contributed by atoms with Gasteiger partial charge in [0, 0.05) is 11.8 Å². The van der Waals surface area contributed by atoms with Crippen LogP contribution >= 0.6 is 0 Å². The molecule has 0 aromatic rings. The lowest BCUT2D eigenvalue weighted by molar-refractivity contribution is -0.124. The van der Waals surface area contributed by atoms with Crippen molar-refractivity contribution < 1.29 is 9.59 Å². The average Bonchev–Trinajstić information content (AvgIpc) is 2.63. The summed E-state index contributed by atoms with van der Waals surface area (Å²) < 4.78 is 0. The van der Waals surface area contributed by atoms with E-state index in [0.717, 1.165) is 12.8 Å². The Kier molecular flexibility index (Phi) is 12.3. The first-order valence-corrected chi connectivity index (χ1v) is 9.84. The summed E-state index contributed by atoms with van der Waals surface area (Å²) in [4.78, 5) is 24.8. The summed E-state index contributed by atoms with van der Waals surface area (Å²) in [5.74, 6) is -1.01. The van der Waals surface area contributed by atoms with E-state index in [9.17, 15) is 9.59 Å². The zero-order chi connectivity index (χ0) is 20.1. The summed E-state index contributed by atoms with van der Waals surface area (Å²) in [6.45, 7) is 12.0. The molecular formula is C21H37N3O2. The number of carbonyl (C=O) groups excluding carboxylic acids is 2. The maximum absolute atomic E-state index is 12.4. The van der Waals surface area contributed by atoms with Crippen molar-refractivity contribution in [3.63, 3.8) is 0 Å². The molecule has 5 heteroatoms. The molecule has 2 amide bonds. The van der Waals surface area contributed by atoms with E-state index < -0.39 is 0 Å². The van der Waals surface area contributed by atoms with Crippen molar-refractivity contribution in [1.82, 2.24) is 10.6 Å². The summed E-state index contributed by atoms with van der Waals surface area (Å²) in [6.07, 6.45) is 8.69. The van der Waals surface area contributed by atoms with Gasteiger partial charge in [0.15, 0.2) is 0 Å². The summed E-state index contributed by atoms with van der Waals surface area (Å²) >= 11 is 0. The van der Waals surface area contributed by atoms with E-state index in [1.165, 1.54) is 11.1 Å². The molecule has 0 bridgehead atoms. The van der Waals surface area contributed by atoms with Gasteiger partial charge in [0.2, 0.25) is 17.8 Å². The first-order chi connectivity index (χ1) is 12.4. The molecular weight excluding hydrogens is 326 g/mol. The highest BCUT2D eigenvalue weighted by atomic mass is 16.2. The van der Waals surface area contributed by atoms with E-state index in [2.05, 4.69) is 24.5 Å². The molecule has 26 heavy (non-hydrogen) atoms. The lowest BCUT2D eigenvalue weighted by Gasteiger charge is -2.19. The van der Waals surface area contributed by atoms with Gasteiger partial charge in [-0.05, 0) is 52.4 Å². The highest BCUT2D eigenvalue weighted by Crippen LogP contribution is 2.19. The topological polar surface area (TPSA) is 82.1 Å². The maximum atomic E-state index is 12.4. The number of carbonyl (C=O) groups is 2. The molecule has 0 aromatic heterocycles. The Hall–Kier alpha value is -1.91. The van der Waals surface area contributed by atoms with E-state index in [1.54, 1.807) is 0 Å². The molecule has 0 saturated carbocycles. The first kappa shape index (κ1) is 24.1. The number of allylic oxidation sites excluding steroid dienone is 4. The van der Waals surface area contributed by atoms with Gasteiger partial charge in [0.1, 0.15) is 0 Å². The van der Waals surface area contributed by atoms with Gasteiger partial charge in [-0.15, -0.1) is 0 Å². The Balaban J connectivity index is 4.74. The second-order valence-electron chi connectivity index (χ2n) is 6.57. The summed E-state index contributed by atoms with van der Waals surface area (Å²) in [5.41, 5.74) is 2.46. The van der Waals surface area contributed by atoms with Gasteiger partial charge in [0.25, 0.3) is 0 Å². The number of guanidine groups is 1. The van der Waals surface area contributed by atoms with Crippen molar-refractivity contribution in [3.05, 3.63) is 23.3 Å². The summed E-state index contributed by atoms with van der Waals surface area (Å²) in [7, 11) is 0. The molecule has 0 radical (unpaired) electrons. The second kappa shape index (κ2) is 13.3. The standard InChI is InChI=1S/C21H37N3O2/c1-7-15(8-2)13-17(11-5)19(25)23-21(22)24-20(26)18(12-6)14-16(9-3)10-4/h7,9,17-18H,8,10-14H2,1-6H3,(H3,22,23,24,25,26). The van der Waals surface area contributed by atoms with Crippen LogP contribution in [0.15, 0.2) is 23.3 Å². The van der Waals surface area contributed by atoms with Crippen molar-refractivity contribution in [2.75, 3.05) is 0 Å². The molecule has 148 valence electrons. The Labute approximate surface area is 159 Å². The molecule has 0 rings (SSSR count). The van der Waals surface area contributed by atoms with Crippen molar-refractivity contribution >= 4 is 17.8 Å². The zero-order valence-electron chi connectivity index (χ0n) is 17.4. The number of hydrogen-bond acceptors (Lipinski definition) is 3. The number of rotatable bonds is 10. The Morgan fingerprint density at radius 3 is 1.38 bits per heavy atom. The van der Waals surface area contributed by atoms with Crippen molar-refractivity contribution in [3.8, 4) is 0 Å². The van der Waals surface area contributed by atoms with Gasteiger partial charge < -0.3 is 0 Å². The lowest BCUT2D eigenvalue weighted by Crippen LogP contribution is -2.47.